The molecule has 50 heavy (non-hydrogen) atoms. The first-order chi connectivity index (χ1) is 24.4. The molecule has 0 aliphatic carbocycles. The fourth-order valence-corrected chi connectivity index (χ4v) is 5.99. The van der Waals surface area contributed by atoms with Crippen molar-refractivity contribution in [2.45, 2.75) is 212 Å². The fourth-order valence-electron chi connectivity index (χ4n) is 5.99. The normalized spacial score (nSPS) is 13.0. The number of allylic oxidation sites excluding steroid dienone is 5. The van der Waals surface area contributed by atoms with Crippen LogP contribution in [0.15, 0.2) is 36.5 Å². The van der Waals surface area contributed by atoms with Crippen LogP contribution in [0, 0.1) is 0 Å². The van der Waals surface area contributed by atoms with E-state index in [0.29, 0.717) is 38.6 Å². The highest BCUT2D eigenvalue weighted by atomic mass is 16.5. The minimum atomic E-state index is -1.02. The number of aliphatic carboxylic acids is 1. The summed E-state index contributed by atoms with van der Waals surface area (Å²) in [5, 5.41) is 11.9. The molecule has 0 saturated carbocycles. The predicted octanol–water partition coefficient (Wildman–Crippen LogP) is 11.4. The van der Waals surface area contributed by atoms with E-state index in [4.69, 9.17) is 10.5 Å². The smallest absolute Gasteiger partial charge is 0.326 e. The summed E-state index contributed by atoms with van der Waals surface area (Å²) in [6.07, 6.45) is 43.6. The van der Waals surface area contributed by atoms with Gasteiger partial charge in [-0.1, -0.05) is 141 Å². The number of hydrogen-bond donors (Lipinski definition) is 3. The Morgan fingerprint density at radius 1 is 0.600 bits per heavy atom. The Bertz CT molecular complexity index is 885. The highest BCUT2D eigenvalue weighted by Crippen LogP contribution is 2.15. The Kier molecular flexibility index (Phi) is 36.0. The summed E-state index contributed by atoms with van der Waals surface area (Å²) in [7, 11) is 0. The van der Waals surface area contributed by atoms with Gasteiger partial charge in [0.1, 0.15) is 12.1 Å². The summed E-state index contributed by atoms with van der Waals surface area (Å²) < 4.78 is 5.88. The SMILES string of the molecule is CCC/C=C\C/C=C\C(CCCCCCC(=O)NC(CCCN)C(=O)O)OC(=O)CCCCCCCCCCC/C=C\CCCCCCCC. The van der Waals surface area contributed by atoms with Crippen molar-refractivity contribution in [2.24, 2.45) is 5.73 Å². The van der Waals surface area contributed by atoms with Gasteiger partial charge in [-0.05, 0) is 89.7 Å². The van der Waals surface area contributed by atoms with E-state index in [0.717, 1.165) is 57.8 Å². The van der Waals surface area contributed by atoms with Crippen LogP contribution < -0.4 is 11.1 Å². The van der Waals surface area contributed by atoms with Crippen molar-refractivity contribution >= 4 is 17.8 Å². The van der Waals surface area contributed by atoms with Gasteiger partial charge in [-0.25, -0.2) is 4.79 Å². The van der Waals surface area contributed by atoms with Crippen LogP contribution in [-0.4, -0.2) is 41.6 Å². The highest BCUT2D eigenvalue weighted by Gasteiger charge is 2.19. The van der Waals surface area contributed by atoms with Gasteiger partial charge in [-0.15, -0.1) is 0 Å². The van der Waals surface area contributed by atoms with E-state index in [1.165, 1.54) is 96.3 Å². The Morgan fingerprint density at radius 3 is 1.72 bits per heavy atom. The number of carboxylic acid groups (broad SMARTS) is 1. The zero-order valence-electron chi connectivity index (χ0n) is 32.5. The summed E-state index contributed by atoms with van der Waals surface area (Å²) in [6, 6.07) is -0.873. The molecule has 0 saturated heterocycles. The lowest BCUT2D eigenvalue weighted by Gasteiger charge is -2.15. The summed E-state index contributed by atoms with van der Waals surface area (Å²) in [6.45, 7) is 4.84. The minimum Gasteiger partial charge on any atom is -0.480 e. The van der Waals surface area contributed by atoms with Crippen molar-refractivity contribution in [1.82, 2.24) is 5.32 Å². The van der Waals surface area contributed by atoms with Crippen LogP contribution in [0.3, 0.4) is 0 Å². The molecule has 0 bridgehead atoms. The van der Waals surface area contributed by atoms with Crippen molar-refractivity contribution in [3.63, 3.8) is 0 Å². The number of nitrogens with two attached hydrogens (primary N) is 1. The number of carboxylic acids is 1. The number of unbranched alkanes of at least 4 members (excludes halogenated alkanes) is 19. The third-order valence-electron chi connectivity index (χ3n) is 9.14. The lowest BCUT2D eigenvalue weighted by molar-refractivity contribution is -0.147. The van der Waals surface area contributed by atoms with E-state index in [1.54, 1.807) is 0 Å². The van der Waals surface area contributed by atoms with Gasteiger partial charge in [0.15, 0.2) is 0 Å². The number of esters is 1. The summed E-state index contributed by atoms with van der Waals surface area (Å²) in [5.74, 6) is -1.36. The molecule has 0 aliphatic rings. The fraction of sp³-hybridized carbons (Fsp3) is 0.791. The minimum absolute atomic E-state index is 0.110. The van der Waals surface area contributed by atoms with Gasteiger partial charge in [0, 0.05) is 12.8 Å². The molecule has 0 rings (SSSR count). The Morgan fingerprint density at radius 2 is 1.14 bits per heavy atom. The second-order valence-electron chi connectivity index (χ2n) is 14.0. The van der Waals surface area contributed by atoms with Gasteiger partial charge >= 0.3 is 11.9 Å². The molecule has 0 radical (unpaired) electrons. The molecule has 0 aliphatic heterocycles. The van der Waals surface area contributed by atoms with Crippen molar-refractivity contribution in [3.8, 4) is 0 Å². The maximum Gasteiger partial charge on any atom is 0.326 e. The summed E-state index contributed by atoms with van der Waals surface area (Å²) >= 11 is 0. The van der Waals surface area contributed by atoms with Crippen LogP contribution in [0.1, 0.15) is 200 Å². The van der Waals surface area contributed by atoms with E-state index in [2.05, 4.69) is 49.5 Å². The first kappa shape index (κ1) is 47.6. The van der Waals surface area contributed by atoms with Crippen LogP contribution in [0.2, 0.25) is 0 Å². The monoisotopic (exact) mass is 703 g/mol. The molecule has 0 spiro atoms. The molecule has 0 aromatic rings. The Labute approximate surface area is 307 Å². The van der Waals surface area contributed by atoms with Crippen LogP contribution in [0.5, 0.6) is 0 Å². The predicted molar refractivity (Wildman–Crippen MR) is 211 cm³/mol. The molecule has 2 atom stereocenters. The largest absolute Gasteiger partial charge is 0.480 e. The topological polar surface area (TPSA) is 119 Å². The van der Waals surface area contributed by atoms with E-state index >= 15 is 0 Å². The number of ether oxygens (including phenoxy) is 1. The van der Waals surface area contributed by atoms with Gasteiger partial charge < -0.3 is 20.9 Å². The Balaban J connectivity index is 4.11. The van der Waals surface area contributed by atoms with Crippen molar-refractivity contribution < 1.29 is 24.2 Å². The first-order valence-corrected chi connectivity index (χ1v) is 20.8. The number of carbonyl (C=O) groups excluding carboxylic acids is 2. The quantitative estimate of drug-likeness (QED) is 0.0337. The van der Waals surface area contributed by atoms with Crippen molar-refractivity contribution in [2.75, 3.05) is 6.54 Å². The van der Waals surface area contributed by atoms with E-state index < -0.39 is 12.0 Å². The molecule has 290 valence electrons. The second-order valence-corrected chi connectivity index (χ2v) is 14.0. The van der Waals surface area contributed by atoms with Gasteiger partial charge in [-0.3, -0.25) is 9.59 Å². The zero-order valence-corrected chi connectivity index (χ0v) is 32.5. The standard InChI is InChI=1S/C43H78N2O5/c1-3-5-7-9-11-12-13-14-15-16-17-18-19-20-21-22-23-25-31-37-42(47)50-39(33-28-24-10-8-6-4-2)34-29-26-27-30-36-41(46)45-40(43(48)49)35-32-38-44/h8,10,14-15,28,33,39-40H,3-7,9,11-13,16-27,29-32,34-38,44H2,1-2H3,(H,45,46)(H,48,49)/b10-8-,15-14-,33-28-. The van der Waals surface area contributed by atoms with Crippen molar-refractivity contribution in [3.05, 3.63) is 36.5 Å². The van der Waals surface area contributed by atoms with Crippen LogP contribution in [0.4, 0.5) is 0 Å². The van der Waals surface area contributed by atoms with Gasteiger partial charge in [0.05, 0.1) is 0 Å². The second kappa shape index (κ2) is 37.8. The highest BCUT2D eigenvalue weighted by molar-refractivity contribution is 5.83. The van der Waals surface area contributed by atoms with Crippen LogP contribution >= 0.6 is 0 Å². The molecule has 1 amide bonds. The van der Waals surface area contributed by atoms with Crippen LogP contribution in [0.25, 0.3) is 0 Å². The first-order valence-electron chi connectivity index (χ1n) is 20.8. The number of amides is 1. The maximum absolute atomic E-state index is 12.7. The molecule has 7 nitrogen and oxygen atoms in total. The zero-order chi connectivity index (χ0) is 36.8. The number of hydrogen-bond acceptors (Lipinski definition) is 5. The maximum atomic E-state index is 12.7. The molecule has 0 aromatic carbocycles. The summed E-state index contributed by atoms with van der Waals surface area (Å²) in [4.78, 5) is 36.2. The lowest BCUT2D eigenvalue weighted by Crippen LogP contribution is -2.40. The van der Waals surface area contributed by atoms with E-state index in [9.17, 15) is 19.5 Å². The molecule has 0 fully saturated rings. The average Bonchev–Trinajstić information content (AvgIpc) is 3.10. The summed E-state index contributed by atoms with van der Waals surface area (Å²) in [5.41, 5.74) is 5.47. The molecule has 2 unspecified atom stereocenters. The van der Waals surface area contributed by atoms with Gasteiger partial charge in [0.2, 0.25) is 5.91 Å². The number of nitrogens with one attached hydrogen (secondary N) is 1. The molecule has 7 heteroatoms. The van der Waals surface area contributed by atoms with E-state index in [-0.39, 0.29) is 18.0 Å². The van der Waals surface area contributed by atoms with E-state index in [1.807, 2.05) is 6.08 Å². The number of rotatable bonds is 37. The number of carbonyl (C=O) groups is 3. The third kappa shape index (κ3) is 34.1. The third-order valence-corrected chi connectivity index (χ3v) is 9.14. The lowest BCUT2D eigenvalue weighted by atomic mass is 10.1. The van der Waals surface area contributed by atoms with Gasteiger partial charge in [-0.2, -0.15) is 0 Å². The molecule has 0 heterocycles. The molecular formula is C43H78N2O5. The average molecular weight is 703 g/mol. The molecular weight excluding hydrogens is 624 g/mol. The van der Waals surface area contributed by atoms with Crippen molar-refractivity contribution in [1.29, 1.82) is 0 Å². The Hall–Kier alpha value is -2.41. The van der Waals surface area contributed by atoms with Gasteiger partial charge in [0.25, 0.3) is 0 Å². The molecule has 4 N–H and O–H groups in total. The van der Waals surface area contributed by atoms with Crippen LogP contribution in [-0.2, 0) is 19.1 Å². The molecule has 0 aromatic heterocycles.